The van der Waals surface area contributed by atoms with E-state index in [0.29, 0.717) is 35.1 Å². The van der Waals surface area contributed by atoms with Gasteiger partial charge in [0, 0.05) is 12.6 Å². The number of oxazole rings is 1. The number of tetrazole rings is 1. The Morgan fingerprint density at radius 3 is 2.70 bits per heavy atom. The maximum absolute atomic E-state index is 13.5. The first-order chi connectivity index (χ1) is 14.3. The number of carbonyl (C=O) groups is 1. The fourth-order valence-corrected chi connectivity index (χ4v) is 4.01. The van der Waals surface area contributed by atoms with Gasteiger partial charge in [-0.05, 0) is 57.9 Å². The van der Waals surface area contributed by atoms with Gasteiger partial charge in [-0.25, -0.2) is 4.98 Å². The molecule has 158 valence electrons. The molecular weight excluding hydrogens is 384 g/mol. The number of rotatable bonds is 4. The highest BCUT2D eigenvalue weighted by atomic mass is 16.4. The summed E-state index contributed by atoms with van der Waals surface area (Å²) < 4.78 is 5.89. The van der Waals surface area contributed by atoms with Crippen LogP contribution < -0.4 is 0 Å². The highest BCUT2D eigenvalue weighted by Gasteiger charge is 2.35. The lowest BCUT2D eigenvalue weighted by Crippen LogP contribution is -2.45. The Labute approximate surface area is 174 Å². The molecule has 1 N–H and O–H groups in total. The van der Waals surface area contributed by atoms with Gasteiger partial charge in [-0.15, -0.1) is 15.0 Å². The molecule has 3 heterocycles. The summed E-state index contributed by atoms with van der Waals surface area (Å²) in [6.07, 6.45) is 3.04. The molecule has 0 radical (unpaired) electrons. The van der Waals surface area contributed by atoms with Crippen LogP contribution in [0.15, 0.2) is 35.0 Å². The number of piperidine rings is 1. The third kappa shape index (κ3) is 3.72. The zero-order valence-corrected chi connectivity index (χ0v) is 17.6. The van der Waals surface area contributed by atoms with Crippen molar-refractivity contribution in [3.8, 4) is 5.69 Å². The summed E-state index contributed by atoms with van der Waals surface area (Å²) in [7, 11) is 0. The van der Waals surface area contributed by atoms with Crippen molar-refractivity contribution in [2.45, 2.75) is 58.1 Å². The molecule has 0 spiro atoms. The van der Waals surface area contributed by atoms with Crippen LogP contribution in [0.5, 0.6) is 0 Å². The van der Waals surface area contributed by atoms with Crippen molar-refractivity contribution in [2.75, 3.05) is 6.54 Å². The molecule has 3 aromatic rings. The zero-order chi connectivity index (χ0) is 21.5. The lowest BCUT2D eigenvalue weighted by molar-refractivity contribution is 0.0594. The molecule has 9 nitrogen and oxygen atoms in total. The van der Waals surface area contributed by atoms with Gasteiger partial charge < -0.3 is 14.4 Å². The van der Waals surface area contributed by atoms with E-state index in [2.05, 4.69) is 20.4 Å². The Morgan fingerprint density at radius 1 is 1.27 bits per heavy atom. The second-order valence-corrected chi connectivity index (χ2v) is 8.34. The summed E-state index contributed by atoms with van der Waals surface area (Å²) in [6, 6.07) is 7.32. The number of benzene rings is 1. The molecule has 4 rings (SSSR count). The van der Waals surface area contributed by atoms with Crippen molar-refractivity contribution in [3.63, 3.8) is 0 Å². The smallest absolute Gasteiger partial charge is 0.256 e. The maximum Gasteiger partial charge on any atom is 0.256 e. The molecule has 0 aliphatic carbocycles. The zero-order valence-electron chi connectivity index (χ0n) is 17.6. The minimum atomic E-state index is -1.08. The van der Waals surface area contributed by atoms with Gasteiger partial charge in [0.1, 0.15) is 22.7 Å². The molecular formula is C21H26N6O3. The van der Waals surface area contributed by atoms with E-state index in [-0.39, 0.29) is 17.9 Å². The summed E-state index contributed by atoms with van der Waals surface area (Å²) in [6.45, 7) is 7.72. The number of nitrogens with zero attached hydrogens (tertiary/aromatic N) is 6. The van der Waals surface area contributed by atoms with Crippen molar-refractivity contribution in [2.24, 2.45) is 0 Å². The number of hydrogen-bond donors (Lipinski definition) is 1. The van der Waals surface area contributed by atoms with Crippen LogP contribution in [-0.4, -0.2) is 53.7 Å². The molecule has 1 fully saturated rings. The van der Waals surface area contributed by atoms with Crippen LogP contribution >= 0.6 is 0 Å². The molecule has 1 aliphatic heterocycles. The third-order valence-electron chi connectivity index (χ3n) is 5.58. The van der Waals surface area contributed by atoms with Crippen LogP contribution in [0.3, 0.4) is 0 Å². The van der Waals surface area contributed by atoms with Crippen molar-refractivity contribution in [1.29, 1.82) is 0 Å². The van der Waals surface area contributed by atoms with Crippen LogP contribution in [0.2, 0.25) is 0 Å². The van der Waals surface area contributed by atoms with E-state index in [1.54, 1.807) is 32.9 Å². The number of aryl methyl sites for hydroxylation is 1. The van der Waals surface area contributed by atoms with E-state index < -0.39 is 5.60 Å². The average Bonchev–Trinajstić information content (AvgIpc) is 3.37. The van der Waals surface area contributed by atoms with Gasteiger partial charge in [0.2, 0.25) is 0 Å². The van der Waals surface area contributed by atoms with Crippen LogP contribution in [0.4, 0.5) is 0 Å². The number of hydrogen-bond acceptors (Lipinski definition) is 7. The highest BCUT2D eigenvalue weighted by molar-refractivity contribution is 5.98. The summed E-state index contributed by atoms with van der Waals surface area (Å²) in [5.74, 6) is 1.06. The lowest BCUT2D eigenvalue weighted by Gasteiger charge is -2.37. The van der Waals surface area contributed by atoms with Gasteiger partial charge in [0.25, 0.3) is 5.91 Å². The number of aliphatic hydroxyl groups is 1. The van der Waals surface area contributed by atoms with Crippen molar-refractivity contribution >= 4 is 5.91 Å². The molecule has 30 heavy (non-hydrogen) atoms. The molecule has 1 amide bonds. The largest absolute Gasteiger partial charge is 0.445 e. The van der Waals surface area contributed by atoms with Crippen LogP contribution in [0, 0.1) is 6.92 Å². The number of aromatic nitrogens is 5. The first-order valence-electron chi connectivity index (χ1n) is 10.1. The summed E-state index contributed by atoms with van der Waals surface area (Å²) >= 11 is 0. The standard InChI is InChI=1S/C21H26N6O3/c1-13-9-10-15(19-24-18(14(2)30-19)21(3,4)29)11-26(13)20(28)16-7-5-6-8-17(16)27-23-12-22-25-27/h5-8,12-13,15,29H,9-11H2,1-4H3. The number of likely N-dealkylation sites (tertiary alicyclic amines) is 1. The second-order valence-electron chi connectivity index (χ2n) is 8.34. The van der Waals surface area contributed by atoms with Gasteiger partial charge >= 0.3 is 0 Å². The Hall–Kier alpha value is -3.07. The lowest BCUT2D eigenvalue weighted by atomic mass is 9.92. The van der Waals surface area contributed by atoms with Gasteiger partial charge in [0.05, 0.1) is 11.5 Å². The SMILES string of the molecule is Cc1oc(C2CCC(C)N(C(=O)c3ccccc3-n3ncnn3)C2)nc1C(C)(C)O. The Morgan fingerprint density at radius 2 is 2.03 bits per heavy atom. The quantitative estimate of drug-likeness (QED) is 0.704. The van der Waals surface area contributed by atoms with Crippen LogP contribution in [0.1, 0.15) is 67.2 Å². The average molecular weight is 410 g/mol. The summed E-state index contributed by atoms with van der Waals surface area (Å²) in [4.78, 5) is 21.3. The summed E-state index contributed by atoms with van der Waals surface area (Å²) in [5.41, 5.74) is 0.568. The van der Waals surface area contributed by atoms with Gasteiger partial charge in [0.15, 0.2) is 12.2 Å². The van der Waals surface area contributed by atoms with E-state index in [9.17, 15) is 9.90 Å². The Kier molecular flexibility index (Phi) is 5.15. The molecule has 2 atom stereocenters. The third-order valence-corrected chi connectivity index (χ3v) is 5.58. The van der Waals surface area contributed by atoms with Crippen molar-refractivity contribution < 1.29 is 14.3 Å². The molecule has 0 saturated carbocycles. The predicted molar refractivity (Wildman–Crippen MR) is 108 cm³/mol. The predicted octanol–water partition coefficient (Wildman–Crippen LogP) is 2.59. The van der Waals surface area contributed by atoms with Crippen LogP contribution in [0.25, 0.3) is 5.69 Å². The van der Waals surface area contributed by atoms with Gasteiger partial charge in [-0.2, -0.15) is 0 Å². The number of amides is 1. The fourth-order valence-electron chi connectivity index (χ4n) is 4.01. The monoisotopic (exact) mass is 410 g/mol. The van der Waals surface area contributed by atoms with Gasteiger partial charge in [-0.1, -0.05) is 12.1 Å². The first-order valence-corrected chi connectivity index (χ1v) is 10.1. The minimum absolute atomic E-state index is 0.0309. The Balaban J connectivity index is 1.62. The topological polar surface area (TPSA) is 110 Å². The van der Waals surface area contributed by atoms with Crippen molar-refractivity contribution in [1.82, 2.24) is 30.1 Å². The molecule has 1 saturated heterocycles. The van der Waals surface area contributed by atoms with E-state index in [1.165, 1.54) is 11.1 Å². The maximum atomic E-state index is 13.5. The highest BCUT2D eigenvalue weighted by Crippen LogP contribution is 2.34. The molecule has 1 aliphatic rings. The normalized spacial score (nSPS) is 19.8. The van der Waals surface area contributed by atoms with E-state index >= 15 is 0 Å². The minimum Gasteiger partial charge on any atom is -0.445 e. The van der Waals surface area contributed by atoms with Crippen molar-refractivity contribution in [3.05, 3.63) is 53.5 Å². The Bertz CT molecular complexity index is 1040. The second kappa shape index (κ2) is 7.64. The molecule has 0 bridgehead atoms. The molecule has 1 aromatic carbocycles. The molecule has 2 aromatic heterocycles. The van der Waals surface area contributed by atoms with Gasteiger partial charge in [-0.3, -0.25) is 4.79 Å². The summed E-state index contributed by atoms with van der Waals surface area (Å²) in [5, 5.41) is 22.1. The van der Waals surface area contributed by atoms with E-state index in [0.717, 1.165) is 12.8 Å². The van der Waals surface area contributed by atoms with Crippen LogP contribution in [-0.2, 0) is 5.60 Å². The molecule has 2 unspecified atom stereocenters. The number of para-hydroxylation sites is 1. The first kappa shape index (κ1) is 20.2. The molecule has 9 heteroatoms. The number of carbonyl (C=O) groups excluding carboxylic acids is 1. The fraction of sp³-hybridized carbons (Fsp3) is 0.476. The van der Waals surface area contributed by atoms with E-state index in [1.807, 2.05) is 24.0 Å². The van der Waals surface area contributed by atoms with E-state index in [4.69, 9.17) is 4.42 Å².